The smallest absolute Gasteiger partial charge is 0.0405 e. The first-order valence-corrected chi connectivity index (χ1v) is 3.74. The third-order valence-electron chi connectivity index (χ3n) is 0.897. The van der Waals surface area contributed by atoms with Crippen LogP contribution in [-0.2, 0) is 0 Å². The van der Waals surface area contributed by atoms with E-state index in [1.54, 1.807) is 0 Å². The number of rotatable bonds is 3. The van der Waals surface area contributed by atoms with Crippen LogP contribution in [0.4, 0.5) is 0 Å². The summed E-state index contributed by atoms with van der Waals surface area (Å²) >= 11 is 5.77. The monoisotopic (exact) mass is 156 g/mol. The Labute approximate surface area is 67.9 Å². The zero-order valence-corrected chi connectivity index (χ0v) is 7.28. The molecule has 0 saturated heterocycles. The van der Waals surface area contributed by atoms with Crippen molar-refractivity contribution in [3.8, 4) is 0 Å². The van der Waals surface area contributed by atoms with Gasteiger partial charge in [0.2, 0.25) is 0 Å². The predicted octanol–water partition coefficient (Wildman–Crippen LogP) is 3.65. The highest BCUT2D eigenvalue weighted by Gasteiger charge is 1.82. The first kappa shape index (κ1) is 9.51. The van der Waals surface area contributed by atoms with E-state index < -0.39 is 0 Å². The third kappa shape index (κ3) is 5.64. The molecule has 0 saturated carbocycles. The second-order valence-corrected chi connectivity index (χ2v) is 2.62. The molecule has 56 valence electrons. The highest BCUT2D eigenvalue weighted by molar-refractivity contribution is 6.31. The molecule has 0 amide bonds. The molecule has 1 heteroatoms. The summed E-state index contributed by atoms with van der Waals surface area (Å²) in [6, 6.07) is 0. The summed E-state index contributed by atoms with van der Waals surface area (Å²) in [7, 11) is 0. The van der Waals surface area contributed by atoms with Crippen LogP contribution in [0.5, 0.6) is 0 Å². The van der Waals surface area contributed by atoms with Gasteiger partial charge in [-0.25, -0.2) is 0 Å². The molecule has 0 unspecified atom stereocenters. The number of halogens is 1. The van der Waals surface area contributed by atoms with Crippen LogP contribution in [0, 0.1) is 0 Å². The Bertz CT molecular complexity index is 164. The maximum atomic E-state index is 5.77. The molecule has 0 nitrogen and oxygen atoms in total. The second kappa shape index (κ2) is 5.31. The van der Waals surface area contributed by atoms with Crippen molar-refractivity contribution in [2.75, 3.05) is 0 Å². The van der Waals surface area contributed by atoms with Crippen LogP contribution in [0.15, 0.2) is 35.4 Å². The van der Waals surface area contributed by atoms with E-state index in [0.29, 0.717) is 0 Å². The SMILES string of the molecule is C=C(C)/C=C(Cl)\C=C/CC. The van der Waals surface area contributed by atoms with Gasteiger partial charge in [-0.3, -0.25) is 0 Å². The van der Waals surface area contributed by atoms with E-state index in [0.717, 1.165) is 17.0 Å². The van der Waals surface area contributed by atoms with E-state index in [4.69, 9.17) is 11.6 Å². The van der Waals surface area contributed by atoms with Gasteiger partial charge in [0, 0.05) is 5.03 Å². The van der Waals surface area contributed by atoms with Gasteiger partial charge in [-0.2, -0.15) is 0 Å². The molecule has 0 fully saturated rings. The van der Waals surface area contributed by atoms with E-state index in [9.17, 15) is 0 Å². The average molecular weight is 157 g/mol. The maximum absolute atomic E-state index is 5.77. The largest absolute Gasteiger partial charge is 0.0961 e. The Balaban J connectivity index is 3.94. The second-order valence-electron chi connectivity index (χ2n) is 2.19. The van der Waals surface area contributed by atoms with E-state index in [-0.39, 0.29) is 0 Å². The molecule has 0 spiro atoms. The average Bonchev–Trinajstić information content (AvgIpc) is 1.82. The van der Waals surface area contributed by atoms with Gasteiger partial charge in [-0.05, 0) is 25.5 Å². The standard InChI is InChI=1S/C9H13Cl/c1-4-5-6-9(10)7-8(2)3/h5-7H,2,4H2,1,3H3/b6-5-,9-7+. The van der Waals surface area contributed by atoms with Crippen molar-refractivity contribution in [2.45, 2.75) is 20.3 Å². The van der Waals surface area contributed by atoms with Crippen molar-refractivity contribution in [1.29, 1.82) is 0 Å². The lowest BCUT2D eigenvalue weighted by molar-refractivity contribution is 1.22. The molecule has 0 aliphatic heterocycles. The molecule has 10 heavy (non-hydrogen) atoms. The molecule has 0 bridgehead atoms. The fourth-order valence-electron chi connectivity index (χ4n) is 0.514. The van der Waals surface area contributed by atoms with Gasteiger partial charge in [0.1, 0.15) is 0 Å². The summed E-state index contributed by atoms with van der Waals surface area (Å²) < 4.78 is 0. The van der Waals surface area contributed by atoms with E-state index >= 15 is 0 Å². The van der Waals surface area contributed by atoms with Crippen molar-refractivity contribution in [1.82, 2.24) is 0 Å². The minimum absolute atomic E-state index is 0.745. The van der Waals surface area contributed by atoms with Crippen LogP contribution >= 0.6 is 11.6 Å². The zero-order valence-electron chi connectivity index (χ0n) is 6.52. The lowest BCUT2D eigenvalue weighted by Crippen LogP contribution is -1.66. The van der Waals surface area contributed by atoms with Gasteiger partial charge in [0.25, 0.3) is 0 Å². The van der Waals surface area contributed by atoms with Crippen LogP contribution in [0.1, 0.15) is 20.3 Å². The minimum Gasteiger partial charge on any atom is -0.0961 e. The first-order valence-electron chi connectivity index (χ1n) is 3.36. The molecule has 0 aromatic carbocycles. The molecule has 0 aliphatic carbocycles. The van der Waals surface area contributed by atoms with Gasteiger partial charge in [0.15, 0.2) is 0 Å². The number of hydrogen-bond donors (Lipinski definition) is 0. The lowest BCUT2D eigenvalue weighted by Gasteiger charge is -1.87. The van der Waals surface area contributed by atoms with Crippen molar-refractivity contribution in [3.05, 3.63) is 35.4 Å². The summed E-state index contributed by atoms with van der Waals surface area (Å²) in [5.74, 6) is 0. The molecule has 0 aromatic heterocycles. The van der Waals surface area contributed by atoms with Gasteiger partial charge >= 0.3 is 0 Å². The molecule has 0 N–H and O–H groups in total. The maximum Gasteiger partial charge on any atom is 0.0405 e. The Morgan fingerprint density at radius 1 is 1.60 bits per heavy atom. The van der Waals surface area contributed by atoms with E-state index in [1.165, 1.54) is 0 Å². The van der Waals surface area contributed by atoms with Crippen LogP contribution in [-0.4, -0.2) is 0 Å². The fraction of sp³-hybridized carbons (Fsp3) is 0.333. The Morgan fingerprint density at radius 2 is 2.20 bits per heavy atom. The molecule has 0 heterocycles. The van der Waals surface area contributed by atoms with E-state index in [2.05, 4.69) is 13.5 Å². The highest BCUT2D eigenvalue weighted by atomic mass is 35.5. The normalized spacial score (nSPS) is 12.5. The van der Waals surface area contributed by atoms with E-state index in [1.807, 2.05) is 25.2 Å². The molecule has 0 aromatic rings. The van der Waals surface area contributed by atoms with Crippen LogP contribution in [0.2, 0.25) is 0 Å². The Kier molecular flexibility index (Phi) is 5.05. The summed E-state index contributed by atoms with van der Waals surface area (Å²) in [6.45, 7) is 7.70. The van der Waals surface area contributed by atoms with Crippen molar-refractivity contribution < 1.29 is 0 Å². The fourth-order valence-corrected chi connectivity index (χ4v) is 0.789. The molecule has 0 atom stereocenters. The van der Waals surface area contributed by atoms with Gasteiger partial charge < -0.3 is 0 Å². The van der Waals surface area contributed by atoms with Crippen molar-refractivity contribution in [2.24, 2.45) is 0 Å². The highest BCUT2D eigenvalue weighted by Crippen LogP contribution is 2.06. The first-order chi connectivity index (χ1) is 4.66. The van der Waals surface area contributed by atoms with Crippen LogP contribution in [0.3, 0.4) is 0 Å². The Morgan fingerprint density at radius 3 is 2.60 bits per heavy atom. The predicted molar refractivity (Wildman–Crippen MR) is 48.2 cm³/mol. The quantitative estimate of drug-likeness (QED) is 0.548. The summed E-state index contributed by atoms with van der Waals surface area (Å²) in [4.78, 5) is 0. The van der Waals surface area contributed by atoms with Crippen molar-refractivity contribution in [3.63, 3.8) is 0 Å². The minimum atomic E-state index is 0.745. The molecular formula is C9H13Cl. The van der Waals surface area contributed by atoms with Crippen LogP contribution < -0.4 is 0 Å². The molecule has 0 rings (SSSR count). The Hall–Kier alpha value is -0.490. The van der Waals surface area contributed by atoms with Gasteiger partial charge in [0.05, 0.1) is 0 Å². The van der Waals surface area contributed by atoms with Crippen molar-refractivity contribution >= 4 is 11.6 Å². The third-order valence-corrected chi connectivity index (χ3v) is 1.13. The van der Waals surface area contributed by atoms with Gasteiger partial charge in [-0.15, -0.1) is 0 Å². The summed E-state index contributed by atoms with van der Waals surface area (Å²) in [5.41, 5.74) is 0.978. The summed E-state index contributed by atoms with van der Waals surface area (Å²) in [6.07, 6.45) is 6.76. The zero-order chi connectivity index (χ0) is 7.98. The molecular weight excluding hydrogens is 144 g/mol. The molecule has 0 aliphatic rings. The summed E-state index contributed by atoms with van der Waals surface area (Å²) in [5, 5.41) is 0.745. The lowest BCUT2D eigenvalue weighted by atomic mass is 10.3. The number of hydrogen-bond acceptors (Lipinski definition) is 0. The van der Waals surface area contributed by atoms with Gasteiger partial charge in [-0.1, -0.05) is 36.8 Å². The van der Waals surface area contributed by atoms with Crippen LogP contribution in [0.25, 0.3) is 0 Å². The topological polar surface area (TPSA) is 0 Å². The number of allylic oxidation sites excluding steroid dienone is 5. The molecule has 0 radical (unpaired) electrons.